The molecule has 0 bridgehead atoms. The van der Waals surface area contributed by atoms with Crippen LogP contribution in [0.2, 0.25) is 0 Å². The van der Waals surface area contributed by atoms with Gasteiger partial charge in [0.15, 0.2) is 11.9 Å². The average molecular weight is 558 g/mol. The quantitative estimate of drug-likeness (QED) is 0.0413. The number of nitrogens with two attached hydrogens (primary N) is 6. The van der Waals surface area contributed by atoms with Crippen LogP contribution in [0.15, 0.2) is 9.98 Å². The zero-order chi connectivity index (χ0) is 30.1. The van der Waals surface area contributed by atoms with Crippen molar-refractivity contribution in [3.63, 3.8) is 0 Å². The number of aliphatic carboxylic acids is 1. The molecule has 0 aromatic carbocycles. The molecule has 0 aliphatic heterocycles. The first kappa shape index (κ1) is 34.9. The van der Waals surface area contributed by atoms with Crippen molar-refractivity contribution in [2.24, 2.45) is 50.3 Å². The number of carboxylic acid groups (broad SMARTS) is 1. The van der Waals surface area contributed by atoms with E-state index >= 15 is 0 Å². The molecule has 0 spiro atoms. The van der Waals surface area contributed by atoms with Gasteiger partial charge in [0, 0.05) is 13.1 Å². The van der Waals surface area contributed by atoms with E-state index in [0.717, 1.165) is 0 Å². The first-order valence-electron chi connectivity index (χ1n) is 12.4. The third-order valence-corrected chi connectivity index (χ3v) is 5.24. The number of guanidine groups is 2. The summed E-state index contributed by atoms with van der Waals surface area (Å²) in [4.78, 5) is 69.2. The van der Waals surface area contributed by atoms with Crippen LogP contribution in [-0.2, 0) is 24.0 Å². The van der Waals surface area contributed by atoms with E-state index in [1.165, 1.54) is 0 Å². The van der Waals surface area contributed by atoms with Gasteiger partial charge in [0.1, 0.15) is 18.1 Å². The van der Waals surface area contributed by atoms with Crippen molar-refractivity contribution in [2.75, 3.05) is 13.1 Å². The number of carboxylic acids is 1. The van der Waals surface area contributed by atoms with E-state index < -0.39 is 60.2 Å². The predicted octanol–water partition coefficient (Wildman–Crippen LogP) is -4.12. The first-order chi connectivity index (χ1) is 18.1. The molecule has 39 heavy (non-hydrogen) atoms. The number of carbonyl (C=O) groups is 5. The molecular weight excluding hydrogens is 514 g/mol. The molecule has 0 aliphatic rings. The van der Waals surface area contributed by atoms with Crippen LogP contribution in [0.25, 0.3) is 0 Å². The van der Waals surface area contributed by atoms with Crippen LogP contribution in [0, 0.1) is 5.92 Å². The predicted molar refractivity (Wildman–Crippen MR) is 144 cm³/mol. The van der Waals surface area contributed by atoms with Gasteiger partial charge in [-0.05, 0) is 38.0 Å². The molecule has 0 heterocycles. The normalized spacial score (nSPS) is 13.7. The molecule has 17 nitrogen and oxygen atoms in total. The Hall–Kier alpha value is -4.15. The molecule has 0 aromatic heterocycles. The number of primary amides is 1. The van der Waals surface area contributed by atoms with Crippen molar-refractivity contribution < 1.29 is 29.1 Å². The summed E-state index contributed by atoms with van der Waals surface area (Å²) >= 11 is 0. The Bertz CT molecular complexity index is 901. The van der Waals surface area contributed by atoms with Crippen molar-refractivity contribution in [1.29, 1.82) is 0 Å². The van der Waals surface area contributed by atoms with Gasteiger partial charge in [0.2, 0.25) is 23.6 Å². The molecule has 0 aromatic rings. The Balaban J connectivity index is 5.78. The van der Waals surface area contributed by atoms with Gasteiger partial charge in [0.05, 0.1) is 12.5 Å². The summed E-state index contributed by atoms with van der Waals surface area (Å²) in [6, 6.07) is -4.86. The second-order valence-electron chi connectivity index (χ2n) is 9.33. The van der Waals surface area contributed by atoms with Gasteiger partial charge < -0.3 is 55.5 Å². The van der Waals surface area contributed by atoms with Crippen LogP contribution in [0.5, 0.6) is 0 Å². The van der Waals surface area contributed by atoms with Crippen LogP contribution in [-0.4, -0.2) is 83.9 Å². The molecule has 4 amide bonds. The standard InChI is InChI=1S/C22H43N11O6/c1-11(2)9-15(20(38)39)33-19(37)14(6-4-8-30-22(27)28)32-18(36)13(5-3-7-29-21(25)26)31-17(35)12(23)10-16(24)34/h11-15H,3-10,23H2,1-2H3,(H2,24,34)(H,31,35)(H,32,36)(H,33,37)(H,38,39)(H4,25,26,29)(H4,27,28,30). The summed E-state index contributed by atoms with van der Waals surface area (Å²) in [5.41, 5.74) is 32.0. The Morgan fingerprint density at radius 3 is 1.49 bits per heavy atom. The minimum Gasteiger partial charge on any atom is -0.480 e. The Morgan fingerprint density at radius 1 is 0.718 bits per heavy atom. The van der Waals surface area contributed by atoms with Crippen molar-refractivity contribution in [3.05, 3.63) is 0 Å². The van der Waals surface area contributed by atoms with E-state index in [1.807, 2.05) is 0 Å². The average Bonchev–Trinajstić information content (AvgIpc) is 2.80. The fourth-order valence-electron chi connectivity index (χ4n) is 3.37. The molecule has 0 saturated heterocycles. The lowest BCUT2D eigenvalue weighted by Crippen LogP contribution is -2.57. The number of aliphatic imine (C=N–C) groups is 2. The van der Waals surface area contributed by atoms with E-state index in [4.69, 9.17) is 34.4 Å². The van der Waals surface area contributed by atoms with Gasteiger partial charge in [-0.2, -0.15) is 0 Å². The van der Waals surface area contributed by atoms with E-state index in [1.54, 1.807) is 13.8 Å². The summed E-state index contributed by atoms with van der Waals surface area (Å²) in [7, 11) is 0. The van der Waals surface area contributed by atoms with Crippen LogP contribution < -0.4 is 50.4 Å². The monoisotopic (exact) mass is 557 g/mol. The Morgan fingerprint density at radius 2 is 1.13 bits per heavy atom. The number of hydrogen-bond donors (Lipinski definition) is 10. The van der Waals surface area contributed by atoms with Crippen LogP contribution in [0.4, 0.5) is 0 Å². The highest BCUT2D eigenvalue weighted by atomic mass is 16.4. The molecule has 16 N–H and O–H groups in total. The molecule has 0 saturated carbocycles. The maximum absolute atomic E-state index is 13.2. The molecule has 0 fully saturated rings. The van der Waals surface area contributed by atoms with Crippen LogP contribution >= 0.6 is 0 Å². The molecule has 0 rings (SSSR count). The number of hydrogen-bond acceptors (Lipinski definition) is 8. The third-order valence-electron chi connectivity index (χ3n) is 5.24. The van der Waals surface area contributed by atoms with E-state index in [-0.39, 0.29) is 63.0 Å². The highest BCUT2D eigenvalue weighted by molar-refractivity contribution is 5.95. The summed E-state index contributed by atoms with van der Waals surface area (Å²) in [6.45, 7) is 3.90. The first-order valence-corrected chi connectivity index (χ1v) is 12.4. The summed E-state index contributed by atoms with van der Waals surface area (Å²) < 4.78 is 0. The molecule has 0 aliphatic carbocycles. The highest BCUT2D eigenvalue weighted by Crippen LogP contribution is 2.08. The molecular formula is C22H43N11O6. The largest absolute Gasteiger partial charge is 0.480 e. The number of carbonyl (C=O) groups excluding carboxylic acids is 4. The molecule has 222 valence electrons. The highest BCUT2D eigenvalue weighted by Gasteiger charge is 2.30. The van der Waals surface area contributed by atoms with Crippen molar-refractivity contribution >= 4 is 41.5 Å². The molecule has 4 unspecified atom stereocenters. The minimum absolute atomic E-state index is 0.0317. The second kappa shape index (κ2) is 18.2. The number of amides is 4. The lowest BCUT2D eigenvalue weighted by atomic mass is 10.0. The minimum atomic E-state index is -1.30. The second-order valence-corrected chi connectivity index (χ2v) is 9.33. The van der Waals surface area contributed by atoms with Crippen molar-refractivity contribution in [2.45, 2.75) is 76.5 Å². The van der Waals surface area contributed by atoms with E-state index in [9.17, 15) is 29.1 Å². The SMILES string of the molecule is CC(C)CC(NC(=O)C(CCCN=C(N)N)NC(=O)C(CCCN=C(N)N)NC(=O)C(N)CC(N)=O)C(=O)O. The van der Waals surface area contributed by atoms with Gasteiger partial charge in [-0.15, -0.1) is 0 Å². The zero-order valence-electron chi connectivity index (χ0n) is 22.4. The Labute approximate surface area is 226 Å². The summed E-state index contributed by atoms with van der Waals surface area (Å²) in [6.07, 6.45) is 0.345. The zero-order valence-corrected chi connectivity index (χ0v) is 22.4. The van der Waals surface area contributed by atoms with Gasteiger partial charge in [-0.25, -0.2) is 4.79 Å². The number of nitrogens with one attached hydrogen (secondary N) is 3. The third kappa shape index (κ3) is 16.3. The number of nitrogens with zero attached hydrogens (tertiary/aromatic N) is 2. The van der Waals surface area contributed by atoms with Crippen molar-refractivity contribution in [3.8, 4) is 0 Å². The van der Waals surface area contributed by atoms with Gasteiger partial charge in [0.25, 0.3) is 0 Å². The van der Waals surface area contributed by atoms with Gasteiger partial charge >= 0.3 is 5.97 Å². The lowest BCUT2D eigenvalue weighted by Gasteiger charge is -2.25. The topological polar surface area (TPSA) is 323 Å². The molecule has 4 atom stereocenters. The maximum Gasteiger partial charge on any atom is 0.326 e. The molecule has 0 radical (unpaired) electrons. The van der Waals surface area contributed by atoms with E-state index in [0.29, 0.717) is 0 Å². The van der Waals surface area contributed by atoms with Crippen molar-refractivity contribution in [1.82, 2.24) is 16.0 Å². The summed E-state index contributed by atoms with van der Waals surface area (Å²) in [5, 5.41) is 16.9. The van der Waals surface area contributed by atoms with Gasteiger partial charge in [-0.1, -0.05) is 13.8 Å². The summed E-state index contributed by atoms with van der Waals surface area (Å²) in [5.74, 6) is -4.68. The van der Waals surface area contributed by atoms with Crippen LogP contribution in [0.3, 0.4) is 0 Å². The smallest absolute Gasteiger partial charge is 0.326 e. The lowest BCUT2D eigenvalue weighted by molar-refractivity contribution is -0.142. The molecule has 17 heteroatoms. The Kier molecular flexibility index (Phi) is 16.2. The fourth-order valence-corrected chi connectivity index (χ4v) is 3.37. The van der Waals surface area contributed by atoms with Gasteiger partial charge in [-0.3, -0.25) is 29.2 Å². The van der Waals surface area contributed by atoms with E-state index in [2.05, 4.69) is 25.9 Å². The fraction of sp³-hybridized carbons (Fsp3) is 0.682. The maximum atomic E-state index is 13.2. The number of rotatable bonds is 19. The van der Waals surface area contributed by atoms with Crippen LogP contribution in [0.1, 0.15) is 52.4 Å².